The number of hydrogen-bond donors (Lipinski definition) is 1. The Morgan fingerprint density at radius 2 is 2.04 bits per heavy atom. The number of H-pyrrole nitrogens is 1. The molecule has 4 heterocycles. The zero-order valence-corrected chi connectivity index (χ0v) is 15.3. The summed E-state index contributed by atoms with van der Waals surface area (Å²) >= 11 is 0. The number of nitrogens with zero attached hydrogens (tertiary/aromatic N) is 3. The van der Waals surface area contributed by atoms with E-state index in [1.165, 1.54) is 7.11 Å². The van der Waals surface area contributed by atoms with Gasteiger partial charge in [0.15, 0.2) is 22.3 Å². The van der Waals surface area contributed by atoms with Crippen LogP contribution in [0.15, 0.2) is 23.5 Å². The summed E-state index contributed by atoms with van der Waals surface area (Å²) in [6.45, 7) is 3.06. The van der Waals surface area contributed by atoms with Gasteiger partial charge in [0.1, 0.15) is 0 Å². The zero-order valence-electron chi connectivity index (χ0n) is 14.4. The second kappa shape index (κ2) is 6.91. The van der Waals surface area contributed by atoms with Crippen molar-refractivity contribution < 1.29 is 18.4 Å². The fraction of sp³-hybridized carbons (Fsp3) is 0.353. The van der Waals surface area contributed by atoms with Gasteiger partial charge in [-0.25, -0.2) is 4.98 Å². The molecule has 0 amide bonds. The first-order valence-electron chi connectivity index (χ1n) is 8.19. The van der Waals surface area contributed by atoms with Crippen molar-refractivity contribution in [1.82, 2.24) is 19.9 Å². The highest BCUT2D eigenvalue weighted by atomic mass is 32.2. The van der Waals surface area contributed by atoms with E-state index < -0.39 is 10.8 Å². The molecule has 0 saturated heterocycles. The number of pyridine rings is 2. The quantitative estimate of drug-likeness (QED) is 0.747. The van der Waals surface area contributed by atoms with E-state index >= 15 is 0 Å². The van der Waals surface area contributed by atoms with Crippen LogP contribution in [0.1, 0.15) is 17.7 Å². The fourth-order valence-corrected chi connectivity index (χ4v) is 3.71. The molecule has 0 radical (unpaired) electrons. The zero-order chi connectivity index (χ0) is 18.1. The lowest BCUT2D eigenvalue weighted by molar-refractivity contribution is 0.295. The third-order valence-corrected chi connectivity index (χ3v) is 5.17. The van der Waals surface area contributed by atoms with Crippen molar-refractivity contribution in [2.45, 2.75) is 24.3 Å². The number of methoxy groups -OCH3 is 1. The van der Waals surface area contributed by atoms with Gasteiger partial charge in [-0.1, -0.05) is 0 Å². The van der Waals surface area contributed by atoms with E-state index in [0.29, 0.717) is 52.6 Å². The van der Waals surface area contributed by atoms with E-state index in [-0.39, 0.29) is 5.75 Å². The smallest absolute Gasteiger partial charge is 0.215 e. The number of aromatic amines is 1. The van der Waals surface area contributed by atoms with Gasteiger partial charge < -0.3 is 19.2 Å². The van der Waals surface area contributed by atoms with Gasteiger partial charge in [0, 0.05) is 24.2 Å². The molecule has 3 aromatic heterocycles. The van der Waals surface area contributed by atoms with Crippen molar-refractivity contribution >= 4 is 22.0 Å². The summed E-state index contributed by atoms with van der Waals surface area (Å²) in [6.07, 6.45) is 2.51. The van der Waals surface area contributed by atoms with Crippen LogP contribution in [0.5, 0.6) is 17.4 Å². The lowest BCUT2D eigenvalue weighted by Gasteiger charge is -2.13. The Morgan fingerprint density at radius 3 is 2.85 bits per heavy atom. The van der Waals surface area contributed by atoms with E-state index in [9.17, 15) is 4.21 Å². The molecule has 0 fully saturated rings. The molecule has 1 unspecified atom stereocenters. The first-order chi connectivity index (χ1) is 12.7. The number of fused-ring (bicyclic) bond motifs is 2. The molecule has 0 saturated carbocycles. The van der Waals surface area contributed by atoms with Crippen LogP contribution in [0.4, 0.5) is 0 Å². The molecular weight excluding hydrogens is 356 g/mol. The number of aromatic nitrogens is 4. The highest BCUT2D eigenvalue weighted by molar-refractivity contribution is 7.84. The molecule has 4 rings (SSSR count). The lowest BCUT2D eigenvalue weighted by Crippen LogP contribution is -2.05. The first kappa shape index (κ1) is 16.8. The van der Waals surface area contributed by atoms with E-state index in [2.05, 4.69) is 19.9 Å². The van der Waals surface area contributed by atoms with Gasteiger partial charge in [-0.3, -0.25) is 9.19 Å². The fourth-order valence-electron chi connectivity index (χ4n) is 2.71. The molecule has 3 aromatic rings. The predicted molar refractivity (Wildman–Crippen MR) is 95.1 cm³/mol. The Bertz CT molecular complexity index is 988. The van der Waals surface area contributed by atoms with Crippen LogP contribution in [0, 0.1) is 6.92 Å². The lowest BCUT2D eigenvalue weighted by atomic mass is 10.2. The molecule has 1 aliphatic rings. The average molecular weight is 374 g/mol. The summed E-state index contributed by atoms with van der Waals surface area (Å²) in [4.78, 5) is 16.0. The monoisotopic (exact) mass is 374 g/mol. The van der Waals surface area contributed by atoms with Crippen LogP contribution < -0.4 is 14.2 Å². The largest absolute Gasteiger partial charge is 0.489 e. The molecule has 9 heteroatoms. The Morgan fingerprint density at radius 1 is 1.23 bits per heavy atom. The maximum atomic E-state index is 12.8. The van der Waals surface area contributed by atoms with Crippen LogP contribution in [-0.4, -0.2) is 44.5 Å². The maximum absolute atomic E-state index is 12.8. The van der Waals surface area contributed by atoms with Gasteiger partial charge in [0.25, 0.3) is 0 Å². The topological polar surface area (TPSA) is 99.2 Å². The Labute approximate surface area is 152 Å². The highest BCUT2D eigenvalue weighted by Crippen LogP contribution is 2.36. The number of imidazole rings is 1. The second-order valence-corrected chi connectivity index (χ2v) is 7.22. The van der Waals surface area contributed by atoms with Crippen LogP contribution in [0.25, 0.3) is 11.2 Å². The Balaban J connectivity index is 1.64. The molecule has 1 aliphatic heterocycles. The van der Waals surface area contributed by atoms with Gasteiger partial charge >= 0.3 is 0 Å². The van der Waals surface area contributed by atoms with Crippen molar-refractivity contribution in [3.63, 3.8) is 0 Å². The molecule has 0 aromatic carbocycles. The minimum absolute atomic E-state index is 0.170. The van der Waals surface area contributed by atoms with Crippen LogP contribution in [0.3, 0.4) is 0 Å². The average Bonchev–Trinajstić information content (AvgIpc) is 2.91. The normalized spacial score (nSPS) is 14.8. The molecule has 8 nitrogen and oxygen atoms in total. The van der Waals surface area contributed by atoms with E-state index in [1.54, 1.807) is 18.3 Å². The summed E-state index contributed by atoms with van der Waals surface area (Å²) in [5.74, 6) is 1.88. The minimum Gasteiger partial charge on any atom is -0.489 e. The number of nitrogens with one attached hydrogen (secondary N) is 1. The van der Waals surface area contributed by atoms with Gasteiger partial charge in [0.2, 0.25) is 5.88 Å². The number of rotatable bonds is 4. The molecule has 1 N–H and O–H groups in total. The highest BCUT2D eigenvalue weighted by Gasteiger charge is 2.21. The Kier molecular flexibility index (Phi) is 4.46. The number of hydrogen-bond acceptors (Lipinski definition) is 7. The molecule has 26 heavy (non-hydrogen) atoms. The van der Waals surface area contributed by atoms with Crippen molar-refractivity contribution in [3.05, 3.63) is 29.6 Å². The van der Waals surface area contributed by atoms with E-state index in [4.69, 9.17) is 14.2 Å². The second-order valence-electron chi connectivity index (χ2n) is 5.85. The summed E-state index contributed by atoms with van der Waals surface area (Å²) in [6, 6.07) is 3.52. The van der Waals surface area contributed by atoms with Gasteiger partial charge in [-0.15, -0.1) is 0 Å². The first-order valence-corrected chi connectivity index (χ1v) is 9.51. The third-order valence-electron chi connectivity index (χ3n) is 4.01. The van der Waals surface area contributed by atoms with Crippen molar-refractivity contribution in [2.24, 2.45) is 0 Å². The summed E-state index contributed by atoms with van der Waals surface area (Å²) in [5, 5.41) is 0.339. The molecule has 0 spiro atoms. The van der Waals surface area contributed by atoms with Gasteiger partial charge in [-0.05, 0) is 13.0 Å². The number of ether oxygens (including phenoxy) is 3. The van der Waals surface area contributed by atoms with E-state index in [1.807, 2.05) is 6.92 Å². The molecule has 0 bridgehead atoms. The Hall–Kier alpha value is -2.68. The standard InChI is InChI=1S/C17H18N4O4S/c1-10-8-18-12(15-14(10)24-6-3-7-25-15)9-26(22)17-19-11-4-5-13(23-2)20-16(11)21-17/h4-5,8H,3,6-7,9H2,1-2H3,(H,19,20,21). The van der Waals surface area contributed by atoms with E-state index in [0.717, 1.165) is 12.0 Å². The minimum atomic E-state index is -1.43. The van der Waals surface area contributed by atoms with Crippen molar-refractivity contribution in [3.8, 4) is 17.4 Å². The molecule has 136 valence electrons. The summed E-state index contributed by atoms with van der Waals surface area (Å²) in [5.41, 5.74) is 2.65. The molecule has 1 atom stereocenters. The van der Waals surface area contributed by atoms with Crippen LogP contribution in [0.2, 0.25) is 0 Å². The van der Waals surface area contributed by atoms with Crippen molar-refractivity contribution in [2.75, 3.05) is 20.3 Å². The SMILES string of the molecule is COc1ccc2[nH]c(S(=O)Cc3ncc(C)c4c3OCCCO4)nc2n1. The van der Waals surface area contributed by atoms with Gasteiger partial charge in [0.05, 0.1) is 48.1 Å². The van der Waals surface area contributed by atoms with Gasteiger partial charge in [-0.2, -0.15) is 4.98 Å². The maximum Gasteiger partial charge on any atom is 0.215 e. The van der Waals surface area contributed by atoms with Crippen LogP contribution >= 0.6 is 0 Å². The summed E-state index contributed by atoms with van der Waals surface area (Å²) < 4.78 is 29.5. The summed E-state index contributed by atoms with van der Waals surface area (Å²) in [7, 11) is 0.107. The molecule has 0 aliphatic carbocycles. The third kappa shape index (κ3) is 3.10. The van der Waals surface area contributed by atoms with Crippen molar-refractivity contribution in [1.29, 1.82) is 0 Å². The molecular formula is C17H18N4O4S. The van der Waals surface area contributed by atoms with Crippen LogP contribution in [-0.2, 0) is 16.6 Å². The predicted octanol–water partition coefficient (Wildman–Crippen LogP) is 2.14. The number of aryl methyl sites for hydroxylation is 1.